The zero-order valence-corrected chi connectivity index (χ0v) is 14.0. The molecule has 0 amide bonds. The van der Waals surface area contributed by atoms with Crippen molar-refractivity contribution in [2.24, 2.45) is 0 Å². The molecule has 0 bridgehead atoms. The van der Waals surface area contributed by atoms with Crippen molar-refractivity contribution in [1.29, 1.82) is 0 Å². The van der Waals surface area contributed by atoms with Crippen molar-refractivity contribution in [1.82, 2.24) is 19.5 Å². The summed E-state index contributed by atoms with van der Waals surface area (Å²) in [5.41, 5.74) is 3.67. The van der Waals surface area contributed by atoms with Crippen LogP contribution in [0.1, 0.15) is 5.56 Å². The van der Waals surface area contributed by atoms with E-state index < -0.39 is 0 Å². The number of nitrogens with one attached hydrogen (secondary N) is 1. The molecule has 3 aromatic rings. The number of methoxy groups -OCH3 is 1. The Morgan fingerprint density at radius 3 is 2.91 bits per heavy atom. The molecule has 0 aliphatic heterocycles. The number of halogens is 1. The van der Waals surface area contributed by atoms with Crippen molar-refractivity contribution in [3.05, 3.63) is 40.9 Å². The second kappa shape index (κ2) is 6.41. The van der Waals surface area contributed by atoms with Gasteiger partial charge in [0.1, 0.15) is 6.33 Å². The highest BCUT2D eigenvalue weighted by Crippen LogP contribution is 2.25. The summed E-state index contributed by atoms with van der Waals surface area (Å²) in [5, 5.41) is 3.33. The van der Waals surface area contributed by atoms with Gasteiger partial charge in [0.2, 0.25) is 0 Å². The molecule has 7 heteroatoms. The SMILES string of the molecule is COCCn1cnc2c(Nc3ccc(Br)cc3C)ncnc21. The van der Waals surface area contributed by atoms with Gasteiger partial charge in [-0.2, -0.15) is 0 Å². The quantitative estimate of drug-likeness (QED) is 0.755. The minimum Gasteiger partial charge on any atom is -0.383 e. The highest BCUT2D eigenvalue weighted by atomic mass is 79.9. The molecular weight excluding hydrogens is 346 g/mol. The molecule has 22 heavy (non-hydrogen) atoms. The van der Waals surface area contributed by atoms with Crippen molar-refractivity contribution >= 4 is 38.6 Å². The molecule has 1 aromatic carbocycles. The number of fused-ring (bicyclic) bond motifs is 1. The fourth-order valence-corrected chi connectivity index (χ4v) is 2.70. The number of nitrogens with zero attached hydrogens (tertiary/aromatic N) is 4. The number of hydrogen-bond acceptors (Lipinski definition) is 5. The Bertz CT molecular complexity index is 802. The molecule has 0 aliphatic rings. The number of imidazole rings is 1. The second-order valence-electron chi connectivity index (χ2n) is 4.91. The van der Waals surface area contributed by atoms with Gasteiger partial charge in [0.05, 0.1) is 12.9 Å². The number of hydrogen-bond donors (Lipinski definition) is 1. The van der Waals surface area contributed by atoms with Crippen LogP contribution in [0.15, 0.2) is 35.3 Å². The molecule has 0 unspecified atom stereocenters. The summed E-state index contributed by atoms with van der Waals surface area (Å²) in [4.78, 5) is 13.1. The lowest BCUT2D eigenvalue weighted by Gasteiger charge is -2.09. The molecule has 0 spiro atoms. The molecular formula is C15H16BrN5O. The van der Waals surface area contributed by atoms with E-state index in [0.717, 1.165) is 26.9 Å². The van der Waals surface area contributed by atoms with Crippen LogP contribution in [-0.2, 0) is 11.3 Å². The van der Waals surface area contributed by atoms with E-state index >= 15 is 0 Å². The predicted molar refractivity (Wildman–Crippen MR) is 89.4 cm³/mol. The van der Waals surface area contributed by atoms with Crippen molar-refractivity contribution in [3.63, 3.8) is 0 Å². The molecule has 0 aliphatic carbocycles. The Morgan fingerprint density at radius 2 is 2.14 bits per heavy atom. The third-order valence-corrected chi connectivity index (χ3v) is 3.87. The molecule has 2 aromatic heterocycles. The topological polar surface area (TPSA) is 64.9 Å². The molecule has 1 N–H and O–H groups in total. The molecule has 0 atom stereocenters. The maximum absolute atomic E-state index is 5.10. The summed E-state index contributed by atoms with van der Waals surface area (Å²) in [6, 6.07) is 6.05. The molecule has 114 valence electrons. The third kappa shape index (κ3) is 2.95. The van der Waals surface area contributed by atoms with E-state index in [9.17, 15) is 0 Å². The van der Waals surface area contributed by atoms with Crippen molar-refractivity contribution < 1.29 is 4.74 Å². The number of aryl methyl sites for hydroxylation is 1. The van der Waals surface area contributed by atoms with Crippen LogP contribution in [0.2, 0.25) is 0 Å². The summed E-state index contributed by atoms with van der Waals surface area (Å²) in [6.45, 7) is 3.37. The van der Waals surface area contributed by atoms with E-state index in [0.29, 0.717) is 19.0 Å². The number of rotatable bonds is 5. The Hall–Kier alpha value is -1.99. The van der Waals surface area contributed by atoms with Gasteiger partial charge < -0.3 is 14.6 Å². The van der Waals surface area contributed by atoms with Gasteiger partial charge in [0.25, 0.3) is 0 Å². The summed E-state index contributed by atoms with van der Waals surface area (Å²) < 4.78 is 8.11. The Balaban J connectivity index is 1.95. The molecule has 2 heterocycles. The fraction of sp³-hybridized carbons (Fsp3) is 0.267. The van der Waals surface area contributed by atoms with Gasteiger partial charge >= 0.3 is 0 Å². The maximum Gasteiger partial charge on any atom is 0.165 e. The van der Waals surface area contributed by atoms with Gasteiger partial charge in [-0.3, -0.25) is 0 Å². The minimum atomic E-state index is 0.615. The lowest BCUT2D eigenvalue weighted by atomic mass is 10.2. The monoisotopic (exact) mass is 361 g/mol. The summed E-state index contributed by atoms with van der Waals surface area (Å²) >= 11 is 3.47. The van der Waals surface area contributed by atoms with Crippen LogP contribution in [0.3, 0.4) is 0 Å². The maximum atomic E-state index is 5.10. The number of benzene rings is 1. The van der Waals surface area contributed by atoms with Crippen LogP contribution in [0.5, 0.6) is 0 Å². The Morgan fingerprint density at radius 1 is 1.27 bits per heavy atom. The average Bonchev–Trinajstić information content (AvgIpc) is 2.92. The molecule has 6 nitrogen and oxygen atoms in total. The summed E-state index contributed by atoms with van der Waals surface area (Å²) in [5.74, 6) is 0.701. The van der Waals surface area contributed by atoms with Gasteiger partial charge in [-0.25, -0.2) is 15.0 Å². The molecule has 0 fully saturated rings. The van der Waals surface area contributed by atoms with Gasteiger partial charge in [-0.1, -0.05) is 15.9 Å². The lowest BCUT2D eigenvalue weighted by Crippen LogP contribution is -2.04. The zero-order chi connectivity index (χ0) is 15.5. The van der Waals surface area contributed by atoms with Crippen LogP contribution >= 0.6 is 15.9 Å². The third-order valence-electron chi connectivity index (χ3n) is 3.38. The first-order valence-corrected chi connectivity index (χ1v) is 7.66. The number of ether oxygens (including phenoxy) is 1. The average molecular weight is 362 g/mol. The Labute approximate surface area is 136 Å². The zero-order valence-electron chi connectivity index (χ0n) is 12.4. The van der Waals surface area contributed by atoms with E-state index in [4.69, 9.17) is 4.74 Å². The van der Waals surface area contributed by atoms with Crippen LogP contribution in [0.4, 0.5) is 11.5 Å². The molecule has 3 rings (SSSR count). The second-order valence-corrected chi connectivity index (χ2v) is 5.83. The fourth-order valence-electron chi connectivity index (χ4n) is 2.22. The number of aromatic nitrogens is 4. The van der Waals surface area contributed by atoms with Crippen LogP contribution in [0.25, 0.3) is 11.2 Å². The highest BCUT2D eigenvalue weighted by molar-refractivity contribution is 9.10. The smallest absolute Gasteiger partial charge is 0.165 e. The largest absolute Gasteiger partial charge is 0.383 e. The predicted octanol–water partition coefficient (Wildman–Crippen LogP) is 3.29. The van der Waals surface area contributed by atoms with E-state index in [-0.39, 0.29) is 0 Å². The van der Waals surface area contributed by atoms with Gasteiger partial charge in [-0.15, -0.1) is 0 Å². The van der Waals surface area contributed by atoms with Crippen LogP contribution in [-0.4, -0.2) is 33.2 Å². The van der Waals surface area contributed by atoms with Gasteiger partial charge in [0.15, 0.2) is 17.0 Å². The normalized spacial score (nSPS) is 11.0. The standard InChI is InChI=1S/C15H16BrN5O/c1-10-7-11(16)3-4-12(10)20-14-13-15(18-8-17-14)21(9-19-13)5-6-22-2/h3-4,7-9H,5-6H2,1-2H3,(H,17,18,20). The van der Waals surface area contributed by atoms with E-state index in [1.54, 1.807) is 19.8 Å². The van der Waals surface area contributed by atoms with E-state index in [1.165, 1.54) is 0 Å². The first-order valence-electron chi connectivity index (χ1n) is 6.87. The lowest BCUT2D eigenvalue weighted by molar-refractivity contribution is 0.188. The Kier molecular flexibility index (Phi) is 4.35. The van der Waals surface area contributed by atoms with Crippen LogP contribution in [0, 0.1) is 6.92 Å². The van der Waals surface area contributed by atoms with Crippen molar-refractivity contribution in [3.8, 4) is 0 Å². The summed E-state index contributed by atoms with van der Waals surface area (Å²) in [6.07, 6.45) is 3.31. The highest BCUT2D eigenvalue weighted by Gasteiger charge is 2.11. The summed E-state index contributed by atoms with van der Waals surface area (Å²) in [7, 11) is 1.68. The van der Waals surface area contributed by atoms with Crippen molar-refractivity contribution in [2.45, 2.75) is 13.5 Å². The molecule has 0 saturated heterocycles. The molecule has 0 radical (unpaired) electrons. The number of anilines is 2. The minimum absolute atomic E-state index is 0.615. The molecule has 0 saturated carbocycles. The first-order chi connectivity index (χ1) is 10.7. The van der Waals surface area contributed by atoms with Gasteiger partial charge in [0, 0.05) is 23.8 Å². The van der Waals surface area contributed by atoms with E-state index in [1.807, 2.05) is 23.6 Å². The van der Waals surface area contributed by atoms with E-state index in [2.05, 4.69) is 42.3 Å². The van der Waals surface area contributed by atoms with Gasteiger partial charge in [-0.05, 0) is 30.7 Å². The van der Waals surface area contributed by atoms with Crippen LogP contribution < -0.4 is 5.32 Å². The first kappa shape index (κ1) is 14.9. The van der Waals surface area contributed by atoms with Crippen molar-refractivity contribution in [2.75, 3.05) is 19.0 Å².